The smallest absolute Gasteiger partial charge is 0.348 e. The molecule has 1 saturated carbocycles. The lowest BCUT2D eigenvalue weighted by molar-refractivity contribution is -0.162. The number of halogens is 1. The van der Waals surface area contributed by atoms with Gasteiger partial charge < -0.3 is 9.47 Å². The van der Waals surface area contributed by atoms with E-state index in [9.17, 15) is 9.59 Å². The molecule has 0 aromatic heterocycles. The van der Waals surface area contributed by atoms with Crippen molar-refractivity contribution in [3.05, 3.63) is 0 Å². The molecule has 2 rings (SSSR count). The van der Waals surface area contributed by atoms with Crippen molar-refractivity contribution in [2.45, 2.75) is 62.4 Å². The first-order valence-electron chi connectivity index (χ1n) is 7.41. The number of carbonyl (C=O) groups excluding carboxylic acids is 2. The molecule has 0 bridgehead atoms. The number of ether oxygens (including phenoxy) is 2. The minimum absolute atomic E-state index is 0.167. The topological polar surface area (TPSA) is 52.6 Å². The van der Waals surface area contributed by atoms with Crippen LogP contribution in [0.5, 0.6) is 0 Å². The molecule has 0 unspecified atom stereocenters. The molecule has 1 heterocycles. The predicted molar refractivity (Wildman–Crippen MR) is 83.6 cm³/mol. The van der Waals surface area contributed by atoms with Gasteiger partial charge in [-0.3, -0.25) is 4.79 Å². The third-order valence-corrected chi connectivity index (χ3v) is 5.28. The average molecular weight is 394 g/mol. The number of carbonyl (C=O) groups is 2. The maximum Gasteiger partial charge on any atom is 0.348 e. The molecule has 0 amide bonds. The quantitative estimate of drug-likeness (QED) is 0.417. The number of hydrogen-bond acceptors (Lipinski definition) is 4. The highest BCUT2D eigenvalue weighted by Gasteiger charge is 2.47. The molecule has 1 aliphatic carbocycles. The van der Waals surface area contributed by atoms with Crippen LogP contribution in [0.25, 0.3) is 0 Å². The van der Waals surface area contributed by atoms with Crippen LogP contribution in [0.2, 0.25) is 0 Å². The van der Waals surface area contributed by atoms with Crippen molar-refractivity contribution in [3.63, 3.8) is 0 Å². The molecule has 114 valence electrons. The van der Waals surface area contributed by atoms with E-state index in [1.807, 2.05) is 13.8 Å². The summed E-state index contributed by atoms with van der Waals surface area (Å²) in [5.41, 5.74) is -0.423. The van der Waals surface area contributed by atoms with E-state index in [2.05, 4.69) is 22.6 Å². The van der Waals surface area contributed by atoms with Crippen molar-refractivity contribution < 1.29 is 19.1 Å². The van der Waals surface area contributed by atoms with Crippen molar-refractivity contribution >= 4 is 34.5 Å². The summed E-state index contributed by atoms with van der Waals surface area (Å²) in [5, 5.41) is 0. The molecule has 20 heavy (non-hydrogen) atoms. The zero-order chi connectivity index (χ0) is 14.8. The number of rotatable bonds is 4. The fourth-order valence-electron chi connectivity index (χ4n) is 2.94. The molecule has 1 aliphatic heterocycles. The zero-order valence-corrected chi connectivity index (χ0v) is 14.4. The Balaban J connectivity index is 1.85. The third-order valence-electron chi connectivity index (χ3n) is 4.27. The first-order valence-corrected chi connectivity index (χ1v) is 8.66. The van der Waals surface area contributed by atoms with Crippen molar-refractivity contribution in [3.8, 4) is 0 Å². The minimum atomic E-state index is -0.751. The van der Waals surface area contributed by atoms with Gasteiger partial charge in [0.25, 0.3) is 0 Å². The third kappa shape index (κ3) is 3.86. The van der Waals surface area contributed by atoms with Crippen molar-refractivity contribution in [1.82, 2.24) is 0 Å². The van der Waals surface area contributed by atoms with Crippen LogP contribution >= 0.6 is 22.6 Å². The Hall–Kier alpha value is -0.330. The van der Waals surface area contributed by atoms with Crippen LogP contribution in [0.3, 0.4) is 0 Å². The Labute approximate surface area is 134 Å². The maximum atomic E-state index is 12.2. The summed E-state index contributed by atoms with van der Waals surface area (Å²) in [5.74, 6) is -0.0561. The van der Waals surface area contributed by atoms with Gasteiger partial charge in [-0.05, 0) is 12.3 Å². The molecule has 0 aromatic rings. The van der Waals surface area contributed by atoms with E-state index in [1.165, 1.54) is 32.1 Å². The molecule has 0 N–H and O–H groups in total. The summed E-state index contributed by atoms with van der Waals surface area (Å²) < 4.78 is 10.2. The highest BCUT2D eigenvalue weighted by atomic mass is 127. The minimum Gasteiger partial charge on any atom is -0.462 e. The molecule has 5 heteroatoms. The summed E-state index contributed by atoms with van der Waals surface area (Å²) in [6.45, 7) is 4.09. The summed E-state index contributed by atoms with van der Waals surface area (Å²) >= 11 is 2.15. The Morgan fingerprint density at radius 2 is 2.05 bits per heavy atom. The summed E-state index contributed by atoms with van der Waals surface area (Å²) in [7, 11) is 0. The van der Waals surface area contributed by atoms with Gasteiger partial charge >= 0.3 is 11.9 Å². The van der Waals surface area contributed by atoms with Gasteiger partial charge in [0.05, 0.1) is 0 Å². The lowest BCUT2D eigenvalue weighted by Crippen LogP contribution is -2.37. The predicted octanol–water partition coefficient (Wildman–Crippen LogP) is 3.26. The van der Waals surface area contributed by atoms with E-state index in [1.54, 1.807) is 0 Å². The first-order chi connectivity index (χ1) is 9.40. The molecule has 0 radical (unpaired) electrons. The van der Waals surface area contributed by atoms with Crippen LogP contribution in [0.1, 0.15) is 52.4 Å². The number of alkyl halides is 1. The Kier molecular flexibility index (Phi) is 5.31. The van der Waals surface area contributed by atoms with Gasteiger partial charge in [-0.25, -0.2) is 4.79 Å². The van der Waals surface area contributed by atoms with Crippen LogP contribution in [0, 0.1) is 11.3 Å². The fraction of sp³-hybridized carbons (Fsp3) is 0.867. The second-order valence-corrected chi connectivity index (χ2v) is 8.12. The van der Waals surface area contributed by atoms with Gasteiger partial charge in [0.15, 0.2) is 0 Å². The average Bonchev–Trinajstić information content (AvgIpc) is 2.66. The van der Waals surface area contributed by atoms with Gasteiger partial charge in [0.2, 0.25) is 6.10 Å². The van der Waals surface area contributed by atoms with E-state index in [-0.39, 0.29) is 9.89 Å². The van der Waals surface area contributed by atoms with E-state index in [0.717, 1.165) is 6.42 Å². The highest BCUT2D eigenvalue weighted by Crippen LogP contribution is 2.33. The van der Waals surface area contributed by atoms with Crippen LogP contribution in [-0.4, -0.2) is 28.6 Å². The molecule has 2 aliphatic rings. The molecular formula is C15H23IO4. The first kappa shape index (κ1) is 16.0. The van der Waals surface area contributed by atoms with Crippen LogP contribution < -0.4 is 0 Å². The van der Waals surface area contributed by atoms with Crippen LogP contribution in [0.15, 0.2) is 0 Å². The molecule has 0 spiro atoms. The van der Waals surface area contributed by atoms with Crippen molar-refractivity contribution in [1.29, 1.82) is 0 Å². The number of cyclic esters (lactones) is 1. The van der Waals surface area contributed by atoms with Gasteiger partial charge in [-0.2, -0.15) is 0 Å². The van der Waals surface area contributed by atoms with E-state index >= 15 is 0 Å². The fourth-order valence-corrected chi connectivity index (χ4v) is 3.80. The SMILES string of the molecule is CC1(C)COC(=O)[C@@H]1OC(=O)[C@@H](I)CC1CCCCC1. The lowest BCUT2D eigenvalue weighted by Gasteiger charge is -2.25. The zero-order valence-electron chi connectivity index (χ0n) is 12.2. The van der Waals surface area contributed by atoms with E-state index in [4.69, 9.17) is 9.47 Å². The highest BCUT2D eigenvalue weighted by molar-refractivity contribution is 14.1. The second-order valence-electron chi connectivity index (χ2n) is 6.62. The van der Waals surface area contributed by atoms with Crippen LogP contribution in [-0.2, 0) is 19.1 Å². The molecular weight excluding hydrogens is 371 g/mol. The van der Waals surface area contributed by atoms with E-state index in [0.29, 0.717) is 12.5 Å². The second kappa shape index (κ2) is 6.62. The monoisotopic (exact) mass is 394 g/mol. The van der Waals surface area contributed by atoms with Gasteiger partial charge in [0.1, 0.15) is 10.5 Å². The summed E-state index contributed by atoms with van der Waals surface area (Å²) in [4.78, 5) is 23.8. The lowest BCUT2D eigenvalue weighted by atomic mass is 9.86. The van der Waals surface area contributed by atoms with Gasteiger partial charge in [-0.1, -0.05) is 68.5 Å². The Morgan fingerprint density at radius 3 is 2.60 bits per heavy atom. The molecule has 2 atom stereocenters. The standard InChI is InChI=1S/C15H23IO4/c1-15(2)9-19-14(18)12(15)20-13(17)11(16)8-10-6-4-3-5-7-10/h10-12H,3-9H2,1-2H3/t11-,12-/m0/s1. The molecule has 2 fully saturated rings. The van der Waals surface area contributed by atoms with Crippen molar-refractivity contribution in [2.75, 3.05) is 6.61 Å². The van der Waals surface area contributed by atoms with Gasteiger partial charge in [-0.15, -0.1) is 0 Å². The largest absolute Gasteiger partial charge is 0.462 e. The van der Waals surface area contributed by atoms with Gasteiger partial charge in [0, 0.05) is 5.41 Å². The Bertz CT molecular complexity index is 374. The molecule has 1 saturated heterocycles. The van der Waals surface area contributed by atoms with E-state index < -0.39 is 17.5 Å². The molecule has 4 nitrogen and oxygen atoms in total. The normalized spacial score (nSPS) is 27.9. The number of hydrogen-bond donors (Lipinski definition) is 0. The maximum absolute atomic E-state index is 12.2. The summed E-state index contributed by atoms with van der Waals surface area (Å²) in [6, 6.07) is 0. The Morgan fingerprint density at radius 1 is 1.40 bits per heavy atom. The molecule has 0 aromatic carbocycles. The van der Waals surface area contributed by atoms with Crippen LogP contribution in [0.4, 0.5) is 0 Å². The summed E-state index contributed by atoms with van der Waals surface area (Å²) in [6.07, 6.45) is 6.39. The van der Waals surface area contributed by atoms with Crippen molar-refractivity contribution in [2.24, 2.45) is 11.3 Å². The number of esters is 2.